The Balaban J connectivity index is 1.75. The van der Waals surface area contributed by atoms with Crippen LogP contribution in [0.1, 0.15) is 25.2 Å². The first-order valence-electron chi connectivity index (χ1n) is 6.73. The van der Waals surface area contributed by atoms with Gasteiger partial charge in [0.15, 0.2) is 0 Å². The van der Waals surface area contributed by atoms with Gasteiger partial charge in [-0.25, -0.2) is 0 Å². The van der Waals surface area contributed by atoms with Crippen molar-refractivity contribution in [1.82, 2.24) is 15.1 Å². The van der Waals surface area contributed by atoms with Crippen LogP contribution in [0.3, 0.4) is 0 Å². The molecule has 0 unspecified atom stereocenters. The first-order valence-corrected chi connectivity index (χ1v) is 6.73. The molecule has 3 aromatic rings. The van der Waals surface area contributed by atoms with Crippen LogP contribution in [-0.4, -0.2) is 15.1 Å². The lowest BCUT2D eigenvalue weighted by Crippen LogP contribution is -2.43. The summed E-state index contributed by atoms with van der Waals surface area (Å²) in [6.45, 7) is 0. The number of rotatable bonds is 2. The third-order valence-corrected chi connectivity index (χ3v) is 3.96. The Morgan fingerprint density at radius 3 is 2.90 bits per heavy atom. The third kappa shape index (κ3) is 1.71. The molecule has 1 aliphatic rings. The average molecular weight is 266 g/mol. The zero-order valence-corrected chi connectivity index (χ0v) is 10.9. The van der Waals surface area contributed by atoms with Gasteiger partial charge in [0, 0.05) is 17.1 Å². The molecule has 20 heavy (non-hydrogen) atoms. The maximum absolute atomic E-state index is 6.20. The number of pyridine rings is 1. The molecule has 4 rings (SSSR count). The summed E-state index contributed by atoms with van der Waals surface area (Å²) >= 11 is 0. The number of aromatic nitrogens is 3. The van der Waals surface area contributed by atoms with E-state index in [9.17, 15) is 0 Å². The second kappa shape index (κ2) is 4.11. The van der Waals surface area contributed by atoms with Gasteiger partial charge in [0.2, 0.25) is 11.7 Å². The predicted molar refractivity (Wildman–Crippen MR) is 74.8 cm³/mol. The third-order valence-electron chi connectivity index (χ3n) is 3.96. The van der Waals surface area contributed by atoms with Crippen molar-refractivity contribution in [3.63, 3.8) is 0 Å². The summed E-state index contributed by atoms with van der Waals surface area (Å²) < 4.78 is 5.34. The lowest BCUT2D eigenvalue weighted by atomic mass is 9.78. The van der Waals surface area contributed by atoms with E-state index in [1.165, 1.54) is 0 Å². The molecule has 5 heteroatoms. The maximum Gasteiger partial charge on any atom is 0.247 e. The Labute approximate surface area is 115 Å². The zero-order valence-electron chi connectivity index (χ0n) is 10.9. The molecule has 2 aromatic heterocycles. The lowest BCUT2D eigenvalue weighted by Gasteiger charge is -2.33. The second-order valence-corrected chi connectivity index (χ2v) is 5.34. The molecule has 0 saturated heterocycles. The van der Waals surface area contributed by atoms with E-state index in [4.69, 9.17) is 10.3 Å². The van der Waals surface area contributed by atoms with Crippen LogP contribution in [0.4, 0.5) is 0 Å². The minimum atomic E-state index is -0.413. The minimum absolute atomic E-state index is 0.413. The van der Waals surface area contributed by atoms with E-state index in [0.29, 0.717) is 11.7 Å². The average Bonchev–Trinajstić information content (AvgIpc) is 2.94. The lowest BCUT2D eigenvalue weighted by molar-refractivity contribution is 0.181. The summed E-state index contributed by atoms with van der Waals surface area (Å²) in [5, 5.41) is 5.11. The Hall–Kier alpha value is -2.27. The Kier molecular flexibility index (Phi) is 2.37. The van der Waals surface area contributed by atoms with Crippen molar-refractivity contribution in [3.8, 4) is 11.4 Å². The second-order valence-electron chi connectivity index (χ2n) is 5.34. The smallest absolute Gasteiger partial charge is 0.247 e. The van der Waals surface area contributed by atoms with E-state index in [0.717, 1.165) is 35.7 Å². The van der Waals surface area contributed by atoms with Crippen LogP contribution in [0, 0.1) is 0 Å². The number of nitrogens with two attached hydrogens (primary N) is 1. The highest BCUT2D eigenvalue weighted by atomic mass is 16.5. The molecule has 1 aliphatic carbocycles. The number of nitrogens with zero attached hydrogens (tertiary/aromatic N) is 3. The van der Waals surface area contributed by atoms with Crippen molar-refractivity contribution in [2.75, 3.05) is 0 Å². The van der Waals surface area contributed by atoms with Crippen LogP contribution >= 0.6 is 0 Å². The summed E-state index contributed by atoms with van der Waals surface area (Å²) in [6, 6.07) is 9.86. The topological polar surface area (TPSA) is 77.8 Å². The molecule has 0 aliphatic heterocycles. The summed E-state index contributed by atoms with van der Waals surface area (Å²) in [4.78, 5) is 8.76. The van der Waals surface area contributed by atoms with Gasteiger partial charge >= 0.3 is 0 Å². The van der Waals surface area contributed by atoms with E-state index >= 15 is 0 Å². The normalized spacial score (nSPS) is 17.1. The summed E-state index contributed by atoms with van der Waals surface area (Å²) in [5.74, 6) is 1.13. The van der Waals surface area contributed by atoms with Gasteiger partial charge < -0.3 is 10.3 Å². The van der Waals surface area contributed by atoms with E-state index < -0.39 is 5.54 Å². The standard InChI is InChI=1S/C15H14N4O/c16-15(6-2-7-15)14-18-13(19-20-14)11-4-5-12-10(9-11)3-1-8-17-12/h1,3-5,8-9H,2,6-7,16H2. The predicted octanol–water partition coefficient (Wildman–Crippen LogP) is 2.62. The van der Waals surface area contributed by atoms with Crippen LogP contribution < -0.4 is 5.73 Å². The fourth-order valence-corrected chi connectivity index (χ4v) is 2.53. The zero-order chi connectivity index (χ0) is 13.6. The summed E-state index contributed by atoms with van der Waals surface area (Å²) in [5.41, 5.74) is 7.66. The first-order chi connectivity index (χ1) is 9.74. The first kappa shape index (κ1) is 11.5. The Morgan fingerprint density at radius 1 is 1.20 bits per heavy atom. The monoisotopic (exact) mass is 266 g/mol. The van der Waals surface area contributed by atoms with Gasteiger partial charge in [-0.15, -0.1) is 0 Å². The fourth-order valence-electron chi connectivity index (χ4n) is 2.53. The van der Waals surface area contributed by atoms with Crippen molar-refractivity contribution in [1.29, 1.82) is 0 Å². The van der Waals surface area contributed by atoms with Crippen LogP contribution in [0.25, 0.3) is 22.3 Å². The van der Waals surface area contributed by atoms with Gasteiger partial charge in [-0.05, 0) is 43.5 Å². The van der Waals surface area contributed by atoms with Crippen LogP contribution in [0.5, 0.6) is 0 Å². The molecule has 2 heterocycles. The minimum Gasteiger partial charge on any atom is -0.337 e. The van der Waals surface area contributed by atoms with Gasteiger partial charge in [-0.3, -0.25) is 4.98 Å². The molecule has 100 valence electrons. The molecule has 5 nitrogen and oxygen atoms in total. The van der Waals surface area contributed by atoms with Gasteiger partial charge in [0.25, 0.3) is 0 Å². The molecule has 0 atom stereocenters. The molecule has 0 radical (unpaired) electrons. The maximum atomic E-state index is 6.20. The molecule has 0 amide bonds. The van der Waals surface area contributed by atoms with Crippen LogP contribution in [0.15, 0.2) is 41.1 Å². The highest BCUT2D eigenvalue weighted by molar-refractivity contribution is 5.82. The van der Waals surface area contributed by atoms with Gasteiger partial charge in [0.05, 0.1) is 11.1 Å². The molecule has 0 spiro atoms. The van der Waals surface area contributed by atoms with E-state index in [-0.39, 0.29) is 0 Å². The summed E-state index contributed by atoms with van der Waals surface area (Å²) in [6.07, 6.45) is 4.73. The quantitative estimate of drug-likeness (QED) is 0.771. The SMILES string of the molecule is NC1(c2nc(-c3ccc4ncccc4c3)no2)CCC1. The number of hydrogen-bond donors (Lipinski definition) is 1. The Morgan fingerprint density at radius 2 is 2.10 bits per heavy atom. The fraction of sp³-hybridized carbons (Fsp3) is 0.267. The summed E-state index contributed by atoms with van der Waals surface area (Å²) in [7, 11) is 0. The van der Waals surface area contributed by atoms with Crippen molar-refractivity contribution in [2.45, 2.75) is 24.8 Å². The number of benzene rings is 1. The largest absolute Gasteiger partial charge is 0.337 e. The Bertz CT molecular complexity index is 776. The van der Waals surface area contributed by atoms with Gasteiger partial charge in [-0.1, -0.05) is 11.2 Å². The van der Waals surface area contributed by atoms with Crippen molar-refractivity contribution >= 4 is 10.9 Å². The number of hydrogen-bond acceptors (Lipinski definition) is 5. The molecule has 1 aromatic carbocycles. The van der Waals surface area contributed by atoms with Crippen molar-refractivity contribution in [3.05, 3.63) is 42.4 Å². The molecule has 0 bridgehead atoms. The molecular weight excluding hydrogens is 252 g/mol. The van der Waals surface area contributed by atoms with Crippen molar-refractivity contribution < 1.29 is 4.52 Å². The van der Waals surface area contributed by atoms with Crippen LogP contribution in [-0.2, 0) is 5.54 Å². The van der Waals surface area contributed by atoms with Crippen molar-refractivity contribution in [2.24, 2.45) is 5.73 Å². The highest BCUT2D eigenvalue weighted by Gasteiger charge is 2.39. The van der Waals surface area contributed by atoms with E-state index in [2.05, 4.69) is 15.1 Å². The van der Waals surface area contributed by atoms with Gasteiger partial charge in [-0.2, -0.15) is 4.98 Å². The van der Waals surface area contributed by atoms with E-state index in [1.807, 2.05) is 30.3 Å². The van der Waals surface area contributed by atoms with Gasteiger partial charge in [0.1, 0.15) is 0 Å². The number of fused-ring (bicyclic) bond motifs is 1. The molecule has 2 N–H and O–H groups in total. The molecule has 1 fully saturated rings. The highest BCUT2D eigenvalue weighted by Crippen LogP contribution is 2.38. The van der Waals surface area contributed by atoms with Crippen LogP contribution in [0.2, 0.25) is 0 Å². The van der Waals surface area contributed by atoms with E-state index in [1.54, 1.807) is 6.20 Å². The molecular formula is C15H14N4O. The molecule has 1 saturated carbocycles.